The summed E-state index contributed by atoms with van der Waals surface area (Å²) in [6.07, 6.45) is -1.88. The van der Waals surface area contributed by atoms with E-state index in [1.165, 1.54) is 4.90 Å². The first-order valence-corrected chi connectivity index (χ1v) is 10.4. The molecule has 7 nitrogen and oxygen atoms in total. The molecule has 168 valence electrons. The Morgan fingerprint density at radius 1 is 0.938 bits per heavy atom. The van der Waals surface area contributed by atoms with Crippen LogP contribution in [0.1, 0.15) is 23.2 Å². The van der Waals surface area contributed by atoms with Crippen molar-refractivity contribution in [2.24, 2.45) is 5.92 Å². The number of hydrogen-bond acceptors (Lipinski definition) is 3. The normalized spacial score (nSPS) is 18.1. The zero-order valence-corrected chi connectivity index (χ0v) is 17.3. The summed E-state index contributed by atoms with van der Waals surface area (Å²) in [7, 11) is 0. The molecule has 1 aliphatic heterocycles. The Balaban J connectivity index is 1.50. The van der Waals surface area contributed by atoms with Crippen LogP contribution in [0.2, 0.25) is 0 Å². The summed E-state index contributed by atoms with van der Waals surface area (Å²) in [5.41, 5.74) is 2.32. The first-order valence-electron chi connectivity index (χ1n) is 10.4. The average molecular weight is 443 g/mol. The Bertz CT molecular complexity index is 1040. The highest BCUT2D eigenvalue weighted by molar-refractivity contribution is 6.01. The van der Waals surface area contributed by atoms with Gasteiger partial charge < -0.3 is 20.2 Å². The summed E-state index contributed by atoms with van der Waals surface area (Å²) in [4.78, 5) is 39.4. The molecule has 2 N–H and O–H groups in total. The number of benzene rings is 2. The monoisotopic (exact) mass is 443 g/mol. The lowest BCUT2D eigenvalue weighted by Crippen LogP contribution is -2.50. The lowest BCUT2D eigenvalue weighted by molar-refractivity contribution is -0.145. The van der Waals surface area contributed by atoms with Gasteiger partial charge in [-0.1, -0.05) is 30.3 Å². The van der Waals surface area contributed by atoms with E-state index in [-0.39, 0.29) is 19.0 Å². The molecule has 4 rings (SSSR count). The van der Waals surface area contributed by atoms with Crippen molar-refractivity contribution in [1.82, 2.24) is 9.80 Å². The maximum Gasteiger partial charge on any atom is 0.407 e. The lowest BCUT2D eigenvalue weighted by atomic mass is 9.80. The molecule has 3 amide bonds. The molecule has 0 spiro atoms. The highest BCUT2D eigenvalue weighted by Gasteiger charge is 2.48. The molecule has 0 unspecified atom stereocenters. The predicted molar refractivity (Wildman–Crippen MR) is 114 cm³/mol. The van der Waals surface area contributed by atoms with Crippen LogP contribution in [-0.2, 0) is 4.79 Å². The molecule has 1 heterocycles. The van der Waals surface area contributed by atoms with E-state index < -0.39 is 36.7 Å². The van der Waals surface area contributed by atoms with Crippen molar-refractivity contribution in [3.63, 3.8) is 0 Å². The standard InChI is InChI=1S/C23H23F2N3O4/c24-23(25)13-16(14-23)20(29)26-17-5-3-4-15(12-17)18-6-1-2-7-19(18)21(30)27-8-10-28(11-9-27)22(31)32/h1-7,12,16H,8-11,13-14H2,(H,26,29)(H,31,32). The lowest BCUT2D eigenvalue weighted by Gasteiger charge is -2.33. The molecule has 2 aromatic rings. The van der Waals surface area contributed by atoms with Gasteiger partial charge in [-0.05, 0) is 29.3 Å². The summed E-state index contributed by atoms with van der Waals surface area (Å²) in [5, 5.41) is 11.8. The number of alkyl halides is 2. The van der Waals surface area contributed by atoms with Crippen LogP contribution in [0.5, 0.6) is 0 Å². The van der Waals surface area contributed by atoms with Gasteiger partial charge in [-0.2, -0.15) is 0 Å². The fourth-order valence-corrected chi connectivity index (χ4v) is 4.05. The van der Waals surface area contributed by atoms with Crippen molar-refractivity contribution >= 4 is 23.6 Å². The van der Waals surface area contributed by atoms with E-state index in [0.29, 0.717) is 35.5 Å². The van der Waals surface area contributed by atoms with Gasteiger partial charge in [-0.15, -0.1) is 0 Å². The van der Waals surface area contributed by atoms with Crippen LogP contribution >= 0.6 is 0 Å². The summed E-state index contributed by atoms with van der Waals surface area (Å²) in [6, 6.07) is 14.0. The Morgan fingerprint density at radius 3 is 2.25 bits per heavy atom. The number of carboxylic acid groups (broad SMARTS) is 1. The van der Waals surface area contributed by atoms with E-state index in [1.54, 1.807) is 47.4 Å². The SMILES string of the molecule is O=C(Nc1cccc(-c2ccccc2C(=O)N2CCN(C(=O)O)CC2)c1)C1CC(F)(F)C1. The molecule has 32 heavy (non-hydrogen) atoms. The molecule has 2 aliphatic rings. The van der Waals surface area contributed by atoms with E-state index in [2.05, 4.69) is 5.32 Å². The smallest absolute Gasteiger partial charge is 0.407 e. The second kappa shape index (κ2) is 8.57. The molecule has 2 fully saturated rings. The average Bonchev–Trinajstić information content (AvgIpc) is 2.77. The van der Waals surface area contributed by atoms with Crippen molar-refractivity contribution in [2.45, 2.75) is 18.8 Å². The van der Waals surface area contributed by atoms with Crippen LogP contribution < -0.4 is 5.32 Å². The van der Waals surface area contributed by atoms with Crippen LogP contribution in [0.15, 0.2) is 48.5 Å². The number of halogens is 2. The van der Waals surface area contributed by atoms with Crippen LogP contribution in [0.4, 0.5) is 19.3 Å². The molecule has 1 aliphatic carbocycles. The minimum absolute atomic E-state index is 0.197. The first-order chi connectivity index (χ1) is 15.2. The topological polar surface area (TPSA) is 90.0 Å². The molecule has 0 aromatic heterocycles. The Hall–Kier alpha value is -3.49. The molecule has 2 aromatic carbocycles. The molecule has 1 saturated carbocycles. The first kappa shape index (κ1) is 21.7. The van der Waals surface area contributed by atoms with E-state index in [9.17, 15) is 23.2 Å². The van der Waals surface area contributed by atoms with Crippen molar-refractivity contribution in [3.05, 3.63) is 54.1 Å². The predicted octanol–water partition coefficient (Wildman–Crippen LogP) is 3.77. The van der Waals surface area contributed by atoms with Crippen molar-refractivity contribution in [2.75, 3.05) is 31.5 Å². The molecular weight excluding hydrogens is 420 g/mol. The van der Waals surface area contributed by atoms with Crippen LogP contribution in [-0.4, -0.2) is 64.9 Å². The molecule has 0 atom stereocenters. The number of nitrogens with zero attached hydrogens (tertiary/aromatic N) is 2. The van der Waals surface area contributed by atoms with Gasteiger partial charge in [0.05, 0.1) is 0 Å². The Labute approximate surface area is 183 Å². The van der Waals surface area contributed by atoms with Gasteiger partial charge in [-0.25, -0.2) is 13.6 Å². The van der Waals surface area contributed by atoms with E-state index in [0.717, 1.165) is 0 Å². The number of carbonyl (C=O) groups excluding carboxylic acids is 2. The van der Waals surface area contributed by atoms with E-state index >= 15 is 0 Å². The molecule has 9 heteroatoms. The van der Waals surface area contributed by atoms with Gasteiger partial charge >= 0.3 is 6.09 Å². The molecule has 0 bridgehead atoms. The largest absolute Gasteiger partial charge is 0.465 e. The Morgan fingerprint density at radius 2 is 1.59 bits per heavy atom. The third-order valence-corrected chi connectivity index (χ3v) is 5.90. The fourth-order valence-electron chi connectivity index (χ4n) is 4.05. The van der Waals surface area contributed by atoms with Gasteiger partial charge in [0.15, 0.2) is 0 Å². The molecular formula is C23H23F2N3O4. The summed E-state index contributed by atoms with van der Waals surface area (Å²) in [5.74, 6) is -4.10. The number of carbonyl (C=O) groups is 3. The third kappa shape index (κ3) is 4.56. The second-order valence-electron chi connectivity index (χ2n) is 8.14. The number of nitrogens with one attached hydrogen (secondary N) is 1. The number of anilines is 1. The number of amides is 3. The highest BCUT2D eigenvalue weighted by atomic mass is 19.3. The quantitative estimate of drug-likeness (QED) is 0.753. The minimum atomic E-state index is -2.76. The van der Waals surface area contributed by atoms with Crippen LogP contribution in [0, 0.1) is 5.92 Å². The van der Waals surface area contributed by atoms with Gasteiger partial charge in [0.2, 0.25) is 11.8 Å². The van der Waals surface area contributed by atoms with Gasteiger partial charge in [0.25, 0.3) is 5.91 Å². The van der Waals surface area contributed by atoms with Gasteiger partial charge in [-0.3, -0.25) is 9.59 Å². The number of hydrogen-bond donors (Lipinski definition) is 2. The zero-order valence-electron chi connectivity index (χ0n) is 17.3. The van der Waals surface area contributed by atoms with Gasteiger partial charge in [0.1, 0.15) is 0 Å². The van der Waals surface area contributed by atoms with Crippen LogP contribution in [0.25, 0.3) is 11.1 Å². The Kier molecular flexibility index (Phi) is 5.82. The van der Waals surface area contributed by atoms with Gasteiger partial charge in [0, 0.05) is 56.2 Å². The summed E-state index contributed by atoms with van der Waals surface area (Å²) in [6.45, 7) is 1.12. The maximum atomic E-state index is 13.1. The second-order valence-corrected chi connectivity index (χ2v) is 8.14. The molecule has 0 radical (unpaired) electrons. The number of rotatable bonds is 4. The molecule has 1 saturated heterocycles. The van der Waals surface area contributed by atoms with Crippen LogP contribution in [0.3, 0.4) is 0 Å². The highest BCUT2D eigenvalue weighted by Crippen LogP contribution is 2.42. The zero-order chi connectivity index (χ0) is 22.9. The van der Waals surface area contributed by atoms with E-state index in [1.807, 2.05) is 6.07 Å². The minimum Gasteiger partial charge on any atom is -0.465 e. The third-order valence-electron chi connectivity index (χ3n) is 5.90. The van der Waals surface area contributed by atoms with Crippen molar-refractivity contribution < 1.29 is 28.3 Å². The van der Waals surface area contributed by atoms with Crippen molar-refractivity contribution in [1.29, 1.82) is 0 Å². The summed E-state index contributed by atoms with van der Waals surface area (Å²) >= 11 is 0. The number of piperazine rings is 1. The van der Waals surface area contributed by atoms with E-state index in [4.69, 9.17) is 5.11 Å². The van der Waals surface area contributed by atoms with Crippen molar-refractivity contribution in [3.8, 4) is 11.1 Å². The maximum absolute atomic E-state index is 13.1. The fraction of sp³-hybridized carbons (Fsp3) is 0.348. The summed E-state index contributed by atoms with van der Waals surface area (Å²) < 4.78 is 26.1.